The summed E-state index contributed by atoms with van der Waals surface area (Å²) in [5.41, 5.74) is 7.39. The summed E-state index contributed by atoms with van der Waals surface area (Å²) in [6.07, 6.45) is -2.49. The maximum atomic E-state index is 9.93. The fourth-order valence-corrected chi connectivity index (χ4v) is 2.29. The molecule has 8 heteroatoms. The summed E-state index contributed by atoms with van der Waals surface area (Å²) in [7, 11) is 0. The van der Waals surface area contributed by atoms with Crippen molar-refractivity contribution in [3.05, 3.63) is 18.1 Å². The Labute approximate surface area is 107 Å². The largest absolute Gasteiger partial charge is 0.394 e. The molecule has 19 heavy (non-hydrogen) atoms. The number of hydrogen-bond acceptors (Lipinski definition) is 7. The van der Waals surface area contributed by atoms with Gasteiger partial charge >= 0.3 is 0 Å². The summed E-state index contributed by atoms with van der Waals surface area (Å²) in [6.45, 7) is -0.364. The van der Waals surface area contributed by atoms with Crippen molar-refractivity contribution in [3.8, 4) is 0 Å². The fourth-order valence-electron chi connectivity index (χ4n) is 2.29. The van der Waals surface area contributed by atoms with E-state index < -0.39 is 24.4 Å². The van der Waals surface area contributed by atoms with Crippen LogP contribution in [0.4, 0.5) is 5.82 Å². The Bertz CT molecular complexity index is 601. The third-order valence-corrected chi connectivity index (χ3v) is 3.32. The van der Waals surface area contributed by atoms with Crippen LogP contribution in [0.3, 0.4) is 0 Å². The lowest BCUT2D eigenvalue weighted by Gasteiger charge is -2.12. The van der Waals surface area contributed by atoms with Gasteiger partial charge in [-0.2, -0.15) is 0 Å². The van der Waals surface area contributed by atoms with E-state index in [1.54, 1.807) is 6.07 Å². The standard InChI is InChI=1S/C11H14N4O4/c12-11-7-4(13-3-14-11)1-5(15-7)10-9(18)8(17)6(2-16)19-10/h1,3,6,8-10,15-18H,2H2,(H2,12,13,14)/t6-,8-,9-,10+/m1/s1. The van der Waals surface area contributed by atoms with E-state index in [9.17, 15) is 10.2 Å². The van der Waals surface area contributed by atoms with Crippen molar-refractivity contribution in [3.63, 3.8) is 0 Å². The average Bonchev–Trinajstić information content (AvgIpc) is 2.94. The van der Waals surface area contributed by atoms with Gasteiger partial charge in [0.1, 0.15) is 36.3 Å². The molecular weight excluding hydrogens is 252 g/mol. The average molecular weight is 266 g/mol. The highest BCUT2D eigenvalue weighted by atomic mass is 16.6. The smallest absolute Gasteiger partial charge is 0.151 e. The number of anilines is 1. The van der Waals surface area contributed by atoms with Crippen molar-refractivity contribution in [2.45, 2.75) is 24.4 Å². The Morgan fingerprint density at radius 2 is 2.11 bits per heavy atom. The summed E-state index contributed by atoms with van der Waals surface area (Å²) >= 11 is 0. The summed E-state index contributed by atoms with van der Waals surface area (Å²) in [5.74, 6) is 0.294. The number of rotatable bonds is 2. The predicted molar refractivity (Wildman–Crippen MR) is 65.0 cm³/mol. The Hall–Kier alpha value is -1.74. The molecule has 3 heterocycles. The van der Waals surface area contributed by atoms with E-state index in [0.29, 0.717) is 22.5 Å². The normalized spacial score (nSPS) is 31.1. The van der Waals surface area contributed by atoms with Crippen molar-refractivity contribution in [1.82, 2.24) is 15.0 Å². The number of aliphatic hydroxyl groups excluding tert-OH is 3. The first-order chi connectivity index (χ1) is 9.11. The van der Waals surface area contributed by atoms with Crippen molar-refractivity contribution in [1.29, 1.82) is 0 Å². The predicted octanol–water partition coefficient (Wildman–Crippen LogP) is -1.31. The second kappa shape index (κ2) is 4.42. The quantitative estimate of drug-likeness (QED) is 0.455. The van der Waals surface area contributed by atoms with E-state index in [1.807, 2.05) is 0 Å². The topological polar surface area (TPSA) is 138 Å². The van der Waals surface area contributed by atoms with Crippen LogP contribution in [0, 0.1) is 0 Å². The van der Waals surface area contributed by atoms with Gasteiger partial charge in [0.05, 0.1) is 12.1 Å². The van der Waals surface area contributed by atoms with Crippen molar-refractivity contribution < 1.29 is 20.1 Å². The Morgan fingerprint density at radius 3 is 2.74 bits per heavy atom. The molecule has 0 bridgehead atoms. The minimum absolute atomic E-state index is 0.294. The van der Waals surface area contributed by atoms with Crippen LogP contribution >= 0.6 is 0 Å². The van der Waals surface area contributed by atoms with Crippen molar-refractivity contribution in [2.24, 2.45) is 0 Å². The van der Waals surface area contributed by atoms with Crippen molar-refractivity contribution in [2.75, 3.05) is 12.3 Å². The van der Waals surface area contributed by atoms with Gasteiger partial charge in [-0.25, -0.2) is 9.97 Å². The summed E-state index contributed by atoms with van der Waals surface area (Å²) in [6, 6.07) is 1.67. The van der Waals surface area contributed by atoms with Gasteiger partial charge in [0.15, 0.2) is 5.82 Å². The SMILES string of the molecule is Nc1ncnc2cc([C@@H]3O[C@H](CO)[C@@H](O)[C@H]3O)[nH]c12. The zero-order valence-corrected chi connectivity index (χ0v) is 9.89. The molecule has 0 radical (unpaired) electrons. The Morgan fingerprint density at radius 1 is 1.32 bits per heavy atom. The number of fused-ring (bicyclic) bond motifs is 1. The molecule has 0 spiro atoms. The van der Waals surface area contributed by atoms with E-state index in [2.05, 4.69) is 15.0 Å². The molecule has 8 nitrogen and oxygen atoms in total. The molecule has 1 fully saturated rings. The van der Waals surface area contributed by atoms with Crippen LogP contribution < -0.4 is 5.73 Å². The molecule has 2 aromatic heterocycles. The van der Waals surface area contributed by atoms with Crippen LogP contribution in [-0.4, -0.2) is 55.2 Å². The second-order valence-electron chi connectivity index (χ2n) is 4.50. The molecule has 0 aliphatic carbocycles. The number of H-pyrrole nitrogens is 1. The molecule has 0 unspecified atom stereocenters. The van der Waals surface area contributed by atoms with Gasteiger partial charge in [-0.1, -0.05) is 0 Å². The molecule has 1 aliphatic rings. The second-order valence-corrected chi connectivity index (χ2v) is 4.50. The molecule has 102 valence electrons. The first-order valence-electron chi connectivity index (χ1n) is 5.83. The summed E-state index contributed by atoms with van der Waals surface area (Å²) < 4.78 is 5.42. The van der Waals surface area contributed by atoms with Gasteiger partial charge in [-0.05, 0) is 6.07 Å². The third-order valence-electron chi connectivity index (χ3n) is 3.32. The number of nitrogen functional groups attached to an aromatic ring is 1. The molecule has 2 aromatic rings. The molecule has 6 N–H and O–H groups in total. The van der Waals surface area contributed by atoms with Crippen LogP contribution in [0.5, 0.6) is 0 Å². The fraction of sp³-hybridized carbons (Fsp3) is 0.455. The number of aromatic amines is 1. The number of hydrogen-bond donors (Lipinski definition) is 5. The van der Waals surface area contributed by atoms with Gasteiger partial charge < -0.3 is 30.8 Å². The van der Waals surface area contributed by atoms with Crippen LogP contribution in [0.15, 0.2) is 12.4 Å². The zero-order chi connectivity index (χ0) is 13.6. The van der Waals surface area contributed by atoms with Crippen LogP contribution in [0.1, 0.15) is 11.8 Å². The van der Waals surface area contributed by atoms with E-state index >= 15 is 0 Å². The highest BCUT2D eigenvalue weighted by Crippen LogP contribution is 2.34. The van der Waals surface area contributed by atoms with Gasteiger partial charge in [-0.3, -0.25) is 0 Å². The molecule has 0 saturated carbocycles. The van der Waals surface area contributed by atoms with Crippen LogP contribution in [0.25, 0.3) is 11.0 Å². The number of nitrogens with zero attached hydrogens (tertiary/aromatic N) is 2. The molecule has 0 amide bonds. The molecule has 1 saturated heterocycles. The lowest BCUT2D eigenvalue weighted by molar-refractivity contribution is -0.0237. The van der Waals surface area contributed by atoms with E-state index in [0.717, 1.165) is 0 Å². The maximum Gasteiger partial charge on any atom is 0.151 e. The summed E-state index contributed by atoms with van der Waals surface area (Å²) in [4.78, 5) is 10.9. The van der Waals surface area contributed by atoms with E-state index in [1.165, 1.54) is 6.33 Å². The van der Waals surface area contributed by atoms with Gasteiger partial charge in [0, 0.05) is 5.69 Å². The van der Waals surface area contributed by atoms with Crippen molar-refractivity contribution >= 4 is 16.9 Å². The Kier molecular flexibility index (Phi) is 2.86. The number of aliphatic hydroxyl groups is 3. The lowest BCUT2D eigenvalue weighted by Crippen LogP contribution is -2.32. The molecule has 1 aliphatic heterocycles. The number of aromatic nitrogens is 3. The zero-order valence-electron chi connectivity index (χ0n) is 9.89. The minimum atomic E-state index is -1.13. The summed E-state index contributed by atoms with van der Waals surface area (Å²) in [5, 5.41) is 28.7. The highest BCUT2D eigenvalue weighted by Gasteiger charge is 2.43. The van der Waals surface area contributed by atoms with Crippen LogP contribution in [-0.2, 0) is 4.74 Å². The number of nitrogens with two attached hydrogens (primary N) is 1. The first-order valence-corrected chi connectivity index (χ1v) is 5.83. The molecular formula is C11H14N4O4. The van der Waals surface area contributed by atoms with Gasteiger partial charge in [0.2, 0.25) is 0 Å². The number of nitrogens with one attached hydrogen (secondary N) is 1. The minimum Gasteiger partial charge on any atom is -0.394 e. The van der Waals surface area contributed by atoms with E-state index in [-0.39, 0.29) is 6.61 Å². The van der Waals surface area contributed by atoms with E-state index in [4.69, 9.17) is 15.6 Å². The molecule has 4 atom stereocenters. The Balaban J connectivity index is 1.99. The van der Waals surface area contributed by atoms with Gasteiger partial charge in [0.25, 0.3) is 0 Å². The maximum absolute atomic E-state index is 9.93. The molecule has 3 rings (SSSR count). The third kappa shape index (κ3) is 1.85. The first kappa shape index (κ1) is 12.3. The molecule has 0 aromatic carbocycles. The monoisotopic (exact) mass is 266 g/mol. The lowest BCUT2D eigenvalue weighted by atomic mass is 10.1. The van der Waals surface area contributed by atoms with Crippen LogP contribution in [0.2, 0.25) is 0 Å². The highest BCUT2D eigenvalue weighted by molar-refractivity contribution is 5.85. The number of ether oxygens (including phenoxy) is 1. The van der Waals surface area contributed by atoms with Gasteiger partial charge in [-0.15, -0.1) is 0 Å².